The van der Waals surface area contributed by atoms with E-state index in [0.717, 1.165) is 5.56 Å². The number of hydrogen-bond donors (Lipinski definition) is 0. The molecule has 0 fully saturated rings. The molecular weight excluding hydrogens is 306 g/mol. The smallest absolute Gasteiger partial charge is 0.263 e. The van der Waals surface area contributed by atoms with Crippen LogP contribution in [0.5, 0.6) is 0 Å². The molecule has 3 aromatic rings. The molecule has 0 atom stereocenters. The van der Waals surface area contributed by atoms with E-state index in [-0.39, 0.29) is 11.7 Å². The van der Waals surface area contributed by atoms with Gasteiger partial charge in [0.1, 0.15) is 0 Å². The van der Waals surface area contributed by atoms with Crippen LogP contribution in [0.15, 0.2) is 54.6 Å². The van der Waals surface area contributed by atoms with Crippen molar-refractivity contribution in [3.8, 4) is 0 Å². The number of carbonyl (C=O) groups excluding carboxylic acids is 2. The number of carbonyl (C=O) groups is 2. The second kappa shape index (κ2) is 6.34. The molecule has 0 N–H and O–H groups in total. The number of nitrogens with zero attached hydrogens (tertiary/aromatic N) is 1. The minimum atomic E-state index is -0.0596. The molecule has 1 amide bonds. The Hall–Kier alpha value is -2.46. The Kier molecular flexibility index (Phi) is 4.26. The van der Waals surface area contributed by atoms with Crippen LogP contribution >= 0.6 is 11.3 Å². The molecule has 0 bridgehead atoms. The lowest BCUT2D eigenvalue weighted by Crippen LogP contribution is -2.25. The lowest BCUT2D eigenvalue weighted by Gasteiger charge is -2.16. The second-order valence-electron chi connectivity index (χ2n) is 5.56. The first-order valence-corrected chi connectivity index (χ1v) is 8.20. The minimum absolute atomic E-state index is 0.00812. The van der Waals surface area contributed by atoms with Gasteiger partial charge in [-0.05, 0) is 41.5 Å². The lowest BCUT2D eigenvalue weighted by molar-refractivity contribution is 0.0790. The van der Waals surface area contributed by atoms with Crippen molar-refractivity contribution >= 4 is 33.8 Å². The Morgan fingerprint density at radius 2 is 1.65 bits per heavy atom. The standard InChI is InChI=1S/C19H17NO2S/c1-13(21)17-9-10-18(23-17)19(22)20(2)12-14-7-8-15-5-3-4-6-16(15)11-14/h3-11H,12H2,1-2H3. The molecule has 2 aromatic carbocycles. The van der Waals surface area contributed by atoms with Crippen molar-refractivity contribution in [2.75, 3.05) is 7.05 Å². The van der Waals surface area contributed by atoms with Gasteiger partial charge in [0.25, 0.3) is 5.91 Å². The number of benzene rings is 2. The molecule has 0 radical (unpaired) electrons. The highest BCUT2D eigenvalue weighted by Crippen LogP contribution is 2.20. The number of rotatable bonds is 4. The van der Waals surface area contributed by atoms with Gasteiger partial charge in [-0.25, -0.2) is 0 Å². The Morgan fingerprint density at radius 3 is 2.35 bits per heavy atom. The number of amides is 1. The van der Waals surface area contributed by atoms with Crippen LogP contribution in [0.3, 0.4) is 0 Å². The maximum absolute atomic E-state index is 12.5. The van der Waals surface area contributed by atoms with Crippen molar-refractivity contribution in [1.82, 2.24) is 4.90 Å². The zero-order chi connectivity index (χ0) is 16.4. The molecule has 0 unspecified atom stereocenters. The first-order valence-electron chi connectivity index (χ1n) is 7.38. The summed E-state index contributed by atoms with van der Waals surface area (Å²) in [5, 5.41) is 2.36. The van der Waals surface area contributed by atoms with Crippen LogP contribution in [0.25, 0.3) is 10.8 Å². The summed E-state index contributed by atoms with van der Waals surface area (Å²) in [5.74, 6) is -0.0677. The second-order valence-corrected chi connectivity index (χ2v) is 6.65. The SMILES string of the molecule is CC(=O)c1ccc(C(=O)N(C)Cc2ccc3ccccc3c2)s1. The number of Topliss-reactive ketones (excluding diaryl/α,β-unsaturated/α-hetero) is 1. The molecule has 3 nitrogen and oxygen atoms in total. The topological polar surface area (TPSA) is 37.4 Å². The van der Waals surface area contributed by atoms with Crippen LogP contribution in [-0.4, -0.2) is 23.6 Å². The molecule has 1 heterocycles. The van der Waals surface area contributed by atoms with Gasteiger partial charge in [0.15, 0.2) is 5.78 Å². The molecule has 4 heteroatoms. The van der Waals surface area contributed by atoms with Gasteiger partial charge in [0, 0.05) is 13.6 Å². The summed E-state index contributed by atoms with van der Waals surface area (Å²) >= 11 is 1.25. The highest BCUT2D eigenvalue weighted by atomic mass is 32.1. The largest absolute Gasteiger partial charge is 0.337 e. The summed E-state index contributed by atoms with van der Waals surface area (Å²) < 4.78 is 0. The van der Waals surface area contributed by atoms with Gasteiger partial charge in [-0.3, -0.25) is 9.59 Å². The van der Waals surface area contributed by atoms with Crippen LogP contribution in [0, 0.1) is 0 Å². The number of fused-ring (bicyclic) bond motifs is 1. The van der Waals surface area contributed by atoms with E-state index < -0.39 is 0 Å². The third kappa shape index (κ3) is 3.32. The average Bonchev–Trinajstić information content (AvgIpc) is 3.04. The lowest BCUT2D eigenvalue weighted by atomic mass is 10.1. The van der Waals surface area contributed by atoms with Gasteiger partial charge in [-0.1, -0.05) is 36.4 Å². The Bertz CT molecular complexity index is 882. The molecule has 0 aliphatic heterocycles. The highest BCUT2D eigenvalue weighted by Gasteiger charge is 2.15. The third-order valence-corrected chi connectivity index (χ3v) is 4.92. The van der Waals surface area contributed by atoms with Gasteiger partial charge in [-0.15, -0.1) is 11.3 Å². The van der Waals surface area contributed by atoms with E-state index in [2.05, 4.69) is 24.3 Å². The molecule has 3 rings (SSSR count). The van der Waals surface area contributed by atoms with E-state index in [4.69, 9.17) is 0 Å². The summed E-state index contributed by atoms with van der Waals surface area (Å²) in [6.45, 7) is 2.05. The molecular formula is C19H17NO2S. The molecule has 116 valence electrons. The first-order chi connectivity index (χ1) is 11.0. The van der Waals surface area contributed by atoms with Crippen molar-refractivity contribution < 1.29 is 9.59 Å². The zero-order valence-electron chi connectivity index (χ0n) is 13.1. The maximum atomic E-state index is 12.5. The van der Waals surface area contributed by atoms with Crippen LogP contribution in [0.1, 0.15) is 31.8 Å². The first kappa shape index (κ1) is 15.4. The zero-order valence-corrected chi connectivity index (χ0v) is 13.9. The van der Waals surface area contributed by atoms with E-state index in [1.54, 1.807) is 24.1 Å². The van der Waals surface area contributed by atoms with Crippen LogP contribution in [-0.2, 0) is 6.54 Å². The predicted molar refractivity (Wildman–Crippen MR) is 94.1 cm³/mol. The molecule has 0 saturated heterocycles. The van der Waals surface area contributed by atoms with Crippen LogP contribution < -0.4 is 0 Å². The number of thiophene rings is 1. The molecule has 0 spiro atoms. The fourth-order valence-corrected chi connectivity index (χ4v) is 3.41. The van der Waals surface area contributed by atoms with E-state index in [1.807, 2.05) is 18.2 Å². The number of ketones is 1. The van der Waals surface area contributed by atoms with Gasteiger partial charge in [0.05, 0.1) is 9.75 Å². The van der Waals surface area contributed by atoms with E-state index in [9.17, 15) is 9.59 Å². The summed E-state index contributed by atoms with van der Waals surface area (Å²) in [6, 6.07) is 17.8. The van der Waals surface area contributed by atoms with Gasteiger partial charge < -0.3 is 4.90 Å². The third-order valence-electron chi connectivity index (χ3n) is 3.74. The summed E-state index contributed by atoms with van der Waals surface area (Å²) in [4.78, 5) is 26.7. The predicted octanol–water partition coefficient (Wildman–Crippen LogP) is 4.38. The fourth-order valence-electron chi connectivity index (χ4n) is 2.51. The van der Waals surface area contributed by atoms with Gasteiger partial charge in [0.2, 0.25) is 0 Å². The summed E-state index contributed by atoms with van der Waals surface area (Å²) in [7, 11) is 1.78. The van der Waals surface area contributed by atoms with Crippen molar-refractivity contribution in [3.63, 3.8) is 0 Å². The quantitative estimate of drug-likeness (QED) is 0.668. The van der Waals surface area contributed by atoms with Crippen molar-refractivity contribution in [2.24, 2.45) is 0 Å². The summed E-state index contributed by atoms with van der Waals surface area (Å²) in [6.07, 6.45) is 0. The Labute approximate surface area is 139 Å². The highest BCUT2D eigenvalue weighted by molar-refractivity contribution is 7.15. The van der Waals surface area contributed by atoms with Crippen molar-refractivity contribution in [1.29, 1.82) is 0 Å². The molecule has 1 aromatic heterocycles. The maximum Gasteiger partial charge on any atom is 0.263 e. The Balaban J connectivity index is 1.77. The van der Waals surface area contributed by atoms with Crippen molar-refractivity contribution in [3.05, 3.63) is 69.9 Å². The van der Waals surface area contributed by atoms with E-state index in [1.165, 1.54) is 29.0 Å². The molecule has 23 heavy (non-hydrogen) atoms. The van der Waals surface area contributed by atoms with Crippen LogP contribution in [0.4, 0.5) is 0 Å². The van der Waals surface area contributed by atoms with E-state index >= 15 is 0 Å². The van der Waals surface area contributed by atoms with Crippen molar-refractivity contribution in [2.45, 2.75) is 13.5 Å². The molecule has 0 saturated carbocycles. The van der Waals surface area contributed by atoms with Gasteiger partial charge >= 0.3 is 0 Å². The summed E-state index contributed by atoms with van der Waals surface area (Å²) in [5.41, 5.74) is 1.09. The van der Waals surface area contributed by atoms with E-state index in [0.29, 0.717) is 16.3 Å². The van der Waals surface area contributed by atoms with Gasteiger partial charge in [-0.2, -0.15) is 0 Å². The fraction of sp³-hybridized carbons (Fsp3) is 0.158. The monoisotopic (exact) mass is 323 g/mol. The average molecular weight is 323 g/mol. The Morgan fingerprint density at radius 1 is 0.957 bits per heavy atom. The number of hydrogen-bond acceptors (Lipinski definition) is 3. The minimum Gasteiger partial charge on any atom is -0.337 e. The van der Waals surface area contributed by atoms with Crippen LogP contribution in [0.2, 0.25) is 0 Å². The molecule has 0 aliphatic rings. The normalized spacial score (nSPS) is 10.7. The molecule has 0 aliphatic carbocycles.